The third-order valence-electron chi connectivity index (χ3n) is 18.3. The fourth-order valence-corrected chi connectivity index (χ4v) is 20.7. The molecule has 0 aliphatic rings. The van der Waals surface area contributed by atoms with E-state index in [9.17, 15) is 13.7 Å². The summed E-state index contributed by atoms with van der Waals surface area (Å²) >= 11 is 3.69. The predicted octanol–water partition coefficient (Wildman–Crippen LogP) is 20.0. The third kappa shape index (κ3) is 19.3. The lowest BCUT2D eigenvalue weighted by Crippen LogP contribution is -2.34. The maximum Gasteiger partial charge on any atom is 0.243 e. The van der Waals surface area contributed by atoms with E-state index in [0.717, 1.165) is 98.9 Å². The summed E-state index contributed by atoms with van der Waals surface area (Å²) in [5.74, 6) is 0.482. The van der Waals surface area contributed by atoms with E-state index >= 15 is 16.8 Å². The van der Waals surface area contributed by atoms with Crippen LogP contribution < -0.4 is 10.2 Å². The van der Waals surface area contributed by atoms with Crippen LogP contribution in [-0.2, 0) is 39.4 Å². The molecular weight excluding hydrogens is 1420 g/mol. The van der Waals surface area contributed by atoms with Crippen molar-refractivity contribution < 1.29 is 34.6 Å². The number of thiazole rings is 2. The number of nitrogens with one attached hydrogen (secondary N) is 1. The second kappa shape index (κ2) is 37.8. The summed E-state index contributed by atoms with van der Waals surface area (Å²) in [6, 6.07) is 18.6. The molecule has 8 rings (SSSR count). The molecule has 8 aromatic rings. The summed E-state index contributed by atoms with van der Waals surface area (Å²) in [5.41, 5.74) is 6.81. The Morgan fingerprint density at radius 2 is 1.04 bits per heavy atom. The number of nitriles is 1. The minimum atomic E-state index is -4.15. The zero-order valence-corrected chi connectivity index (χ0v) is 68.1. The summed E-state index contributed by atoms with van der Waals surface area (Å²) in [7, 11) is -12.2. The Morgan fingerprint density at radius 3 is 1.58 bits per heavy atom. The summed E-state index contributed by atoms with van der Waals surface area (Å²) in [6.07, 6.45) is 13.0. The van der Waals surface area contributed by atoms with Crippen molar-refractivity contribution in [1.82, 2.24) is 42.7 Å². The van der Waals surface area contributed by atoms with Gasteiger partial charge in [0, 0.05) is 62.9 Å². The standard InChI is InChI=1S/C75H106N14O8S6/c1-17-25-37-84(38-26-18-2)96-97-100-59-33-35-62-64(48-59)99-75(78-62)89-73(61(50-76)58(16)83-89)82-81-68-52(10)47-66(79-72(68)80-67-51(9)45-54(12)70(56(67)14)102(92,93)86(41-29-21-5)42-30-22-6)88(69-53(11)46-55(13)71(57(69)15)103(94,95)87(43-31-23-7)44-32-24-8)74-77-63-36-34-60(49-65(63)98-74)101(90,91)85(39-27-19-3)40-28-20-4/h33-36,45-49H,17-32,37-44H2,1-16H3,(H,79,80). The second-order valence-corrected chi connectivity index (χ2v) is 35.0. The van der Waals surface area contributed by atoms with Gasteiger partial charge in [-0.25, -0.2) is 40.2 Å². The Hall–Kier alpha value is -6.33. The van der Waals surface area contributed by atoms with Gasteiger partial charge in [-0.15, -0.1) is 19.6 Å². The van der Waals surface area contributed by atoms with Crippen molar-refractivity contribution in [3.63, 3.8) is 0 Å². The number of benzene rings is 4. The molecule has 0 aliphatic carbocycles. The molecule has 4 heterocycles. The van der Waals surface area contributed by atoms with Crippen LogP contribution in [0.15, 0.2) is 84.4 Å². The highest BCUT2D eigenvalue weighted by Crippen LogP contribution is 2.48. The summed E-state index contributed by atoms with van der Waals surface area (Å²) < 4.78 is 104. The van der Waals surface area contributed by atoms with Gasteiger partial charge in [-0.1, -0.05) is 142 Å². The summed E-state index contributed by atoms with van der Waals surface area (Å²) in [5, 5.41) is 31.9. The van der Waals surface area contributed by atoms with Gasteiger partial charge in [0.15, 0.2) is 16.8 Å². The highest BCUT2D eigenvalue weighted by atomic mass is 32.2. The maximum atomic E-state index is 15.5. The minimum absolute atomic E-state index is 0.0947. The molecule has 560 valence electrons. The monoisotopic (exact) mass is 1520 g/mol. The SMILES string of the molecule is CCCCN(CCCC)OOSc1ccc2nc(-n3nc(C)c(C#N)c3N=Nc3c(C)cc(N(c4nc5ccc(S(=O)(=O)N(CCCC)CCCC)cc5s4)c4c(C)cc(C)c(S(=O)(=O)N(CCCC)CCCC)c4C)nc3Nc3c(C)cc(C)c(S(=O)(=O)N(CCCC)CCCC)c3C)sc2c1. The number of aromatic nitrogens is 5. The number of aryl methyl sites for hydroxylation is 6. The Morgan fingerprint density at radius 1 is 0.544 bits per heavy atom. The number of hydrogen-bond acceptors (Lipinski definition) is 21. The first-order chi connectivity index (χ1) is 49.3. The highest BCUT2D eigenvalue weighted by Gasteiger charge is 2.35. The van der Waals surface area contributed by atoms with E-state index < -0.39 is 30.1 Å². The Labute approximate surface area is 625 Å². The number of hydrogen-bond donors (Lipinski definition) is 1. The normalized spacial score (nSPS) is 12.5. The topological polar surface area (TPSA) is 254 Å². The lowest BCUT2D eigenvalue weighted by atomic mass is 10.0. The molecule has 0 fully saturated rings. The lowest BCUT2D eigenvalue weighted by molar-refractivity contribution is -0.360. The molecule has 28 heteroatoms. The summed E-state index contributed by atoms with van der Waals surface area (Å²) in [6.45, 7) is 34.8. The first-order valence-corrected chi connectivity index (χ1v) is 43.3. The molecule has 22 nitrogen and oxygen atoms in total. The zero-order chi connectivity index (χ0) is 74.9. The number of anilines is 5. The van der Waals surface area contributed by atoms with Crippen LogP contribution in [0.2, 0.25) is 0 Å². The average Bonchev–Trinajstić information content (AvgIpc) is 1.16. The summed E-state index contributed by atoms with van der Waals surface area (Å²) in [4.78, 5) is 24.6. The fraction of sp³-hybridized carbons (Fsp3) is 0.533. The van der Waals surface area contributed by atoms with Gasteiger partial charge >= 0.3 is 0 Å². The number of pyridine rings is 1. The number of rotatable bonds is 42. The predicted molar refractivity (Wildman–Crippen MR) is 420 cm³/mol. The molecule has 4 aromatic heterocycles. The van der Waals surface area contributed by atoms with Crippen molar-refractivity contribution in [1.29, 1.82) is 5.26 Å². The van der Waals surface area contributed by atoms with Crippen molar-refractivity contribution in [2.45, 2.75) is 233 Å². The fourth-order valence-electron chi connectivity index (χ4n) is 12.6. The molecule has 0 saturated carbocycles. The van der Waals surface area contributed by atoms with Crippen molar-refractivity contribution in [2.75, 3.05) is 62.6 Å². The zero-order valence-electron chi connectivity index (χ0n) is 63.2. The van der Waals surface area contributed by atoms with Gasteiger partial charge < -0.3 is 5.32 Å². The molecule has 103 heavy (non-hydrogen) atoms. The number of azo groups is 1. The van der Waals surface area contributed by atoms with E-state index in [1.165, 1.54) is 27.4 Å². The van der Waals surface area contributed by atoms with Gasteiger partial charge in [0.25, 0.3) is 0 Å². The number of unbranched alkanes of at least 4 members (excludes halogenated alkanes) is 8. The van der Waals surface area contributed by atoms with Gasteiger partial charge in [-0.3, -0.25) is 4.90 Å². The number of fused-ring (bicyclic) bond motifs is 2. The molecule has 0 aliphatic heterocycles. The average molecular weight is 1520 g/mol. The third-order valence-corrected chi connectivity index (χ3v) is 27.1. The van der Waals surface area contributed by atoms with E-state index in [2.05, 4.69) is 25.2 Å². The molecule has 0 unspecified atom stereocenters. The van der Waals surface area contributed by atoms with Crippen LogP contribution >= 0.6 is 34.7 Å². The quantitative estimate of drug-likeness (QED) is 0.0161. The largest absolute Gasteiger partial charge is 0.338 e. The number of nitrogens with zero attached hydrogens (tertiary/aromatic N) is 13. The first-order valence-electron chi connectivity index (χ1n) is 36.6. The molecule has 0 radical (unpaired) electrons. The van der Waals surface area contributed by atoms with Crippen molar-refractivity contribution in [2.24, 2.45) is 10.2 Å². The van der Waals surface area contributed by atoms with Crippen LogP contribution in [-0.4, -0.2) is 120 Å². The van der Waals surface area contributed by atoms with Crippen molar-refractivity contribution in [3.8, 4) is 11.2 Å². The highest BCUT2D eigenvalue weighted by molar-refractivity contribution is 7.94. The van der Waals surface area contributed by atoms with Crippen LogP contribution in [0.3, 0.4) is 0 Å². The number of sulfonamides is 3. The minimum Gasteiger partial charge on any atom is -0.338 e. The maximum absolute atomic E-state index is 15.5. The van der Waals surface area contributed by atoms with E-state index in [0.29, 0.717) is 160 Å². The van der Waals surface area contributed by atoms with Gasteiger partial charge in [-0.05, 0) is 188 Å². The molecule has 0 bridgehead atoms. The Bertz CT molecular complexity index is 4630. The molecule has 0 atom stereocenters. The van der Waals surface area contributed by atoms with E-state index in [1.807, 2.05) is 129 Å². The smallest absolute Gasteiger partial charge is 0.243 e. The van der Waals surface area contributed by atoms with E-state index in [-0.39, 0.29) is 43.4 Å². The van der Waals surface area contributed by atoms with Gasteiger partial charge in [0.05, 0.1) is 58.5 Å². The van der Waals surface area contributed by atoms with Crippen molar-refractivity contribution in [3.05, 3.63) is 105 Å². The van der Waals surface area contributed by atoms with Crippen LogP contribution in [0.5, 0.6) is 0 Å². The molecule has 0 saturated heterocycles. The molecule has 0 amide bonds. The lowest BCUT2D eigenvalue weighted by Gasteiger charge is -2.30. The van der Waals surface area contributed by atoms with E-state index in [4.69, 9.17) is 39.6 Å². The van der Waals surface area contributed by atoms with Crippen LogP contribution in [0.25, 0.3) is 25.6 Å². The van der Waals surface area contributed by atoms with Gasteiger partial charge in [0.2, 0.25) is 35.2 Å². The molecular formula is C75H106N14O8S6. The molecule has 0 spiro atoms. The molecule has 1 N–H and O–H groups in total. The van der Waals surface area contributed by atoms with Crippen LogP contribution in [0.1, 0.15) is 208 Å². The van der Waals surface area contributed by atoms with Gasteiger partial charge in [0.1, 0.15) is 23.1 Å². The first kappa shape index (κ1) is 82.3. The second-order valence-electron chi connectivity index (χ2n) is 26.6. The Kier molecular flexibility index (Phi) is 30.2. The van der Waals surface area contributed by atoms with Crippen LogP contribution in [0.4, 0.5) is 39.6 Å². The molecule has 4 aromatic carbocycles. The van der Waals surface area contributed by atoms with Gasteiger partial charge in [-0.2, -0.15) is 33.0 Å². The van der Waals surface area contributed by atoms with Crippen LogP contribution in [0, 0.1) is 66.7 Å². The number of hydroxylamine groups is 2. The van der Waals surface area contributed by atoms with Crippen molar-refractivity contribution >= 4 is 125 Å². The van der Waals surface area contributed by atoms with E-state index in [1.54, 1.807) is 45.0 Å². The Balaban J connectivity index is 1.38.